The van der Waals surface area contributed by atoms with Crippen molar-refractivity contribution in [3.05, 3.63) is 47.5 Å². The summed E-state index contributed by atoms with van der Waals surface area (Å²) in [6.45, 7) is 1.15. The summed E-state index contributed by atoms with van der Waals surface area (Å²) in [4.78, 5) is 8.05. The Bertz CT molecular complexity index is 1010. The van der Waals surface area contributed by atoms with Crippen molar-refractivity contribution in [3.8, 4) is 11.4 Å². The van der Waals surface area contributed by atoms with Crippen LogP contribution < -0.4 is 0 Å². The first-order valence-corrected chi connectivity index (χ1v) is 10.1. The number of aromatic nitrogens is 2. The third-order valence-electron chi connectivity index (χ3n) is 4.53. The van der Waals surface area contributed by atoms with Crippen LogP contribution in [0.1, 0.15) is 19.3 Å². The molecular formula is C18H18ClN3O2S. The van der Waals surface area contributed by atoms with E-state index in [0.717, 1.165) is 24.8 Å². The summed E-state index contributed by atoms with van der Waals surface area (Å²) in [5, 5.41) is 0.647. The Balaban J connectivity index is 1.81. The van der Waals surface area contributed by atoms with Crippen LogP contribution in [0.4, 0.5) is 0 Å². The molecule has 1 N–H and O–H groups in total. The fraction of sp³-hybridized carbons (Fsp3) is 0.278. The summed E-state index contributed by atoms with van der Waals surface area (Å²) in [7, 11) is -3.53. The third kappa shape index (κ3) is 3.05. The number of para-hydroxylation sites is 1. The van der Waals surface area contributed by atoms with Crippen LogP contribution in [0.2, 0.25) is 5.02 Å². The summed E-state index contributed by atoms with van der Waals surface area (Å²) in [6.07, 6.45) is 2.90. The Morgan fingerprint density at radius 1 is 1.00 bits per heavy atom. The summed E-state index contributed by atoms with van der Waals surface area (Å²) < 4.78 is 27.7. The van der Waals surface area contributed by atoms with Crippen molar-refractivity contribution in [2.45, 2.75) is 24.2 Å². The summed E-state index contributed by atoms with van der Waals surface area (Å²) in [5.41, 5.74) is 2.06. The lowest BCUT2D eigenvalue weighted by molar-refractivity contribution is 0.347. The van der Waals surface area contributed by atoms with Crippen LogP contribution in [0.5, 0.6) is 0 Å². The Morgan fingerprint density at radius 2 is 1.72 bits per heavy atom. The first-order chi connectivity index (χ1) is 12.1. The average Bonchev–Trinajstić information content (AvgIpc) is 3.07. The molecule has 1 aliphatic heterocycles. The van der Waals surface area contributed by atoms with Gasteiger partial charge in [0.15, 0.2) is 0 Å². The number of benzene rings is 2. The van der Waals surface area contributed by atoms with Crippen LogP contribution in [0.3, 0.4) is 0 Å². The van der Waals surface area contributed by atoms with Crippen molar-refractivity contribution in [2.24, 2.45) is 0 Å². The predicted octanol–water partition coefficient (Wildman–Crippen LogP) is 4.06. The van der Waals surface area contributed by atoms with Crippen molar-refractivity contribution < 1.29 is 8.42 Å². The van der Waals surface area contributed by atoms with E-state index in [0.29, 0.717) is 35.0 Å². The van der Waals surface area contributed by atoms with Gasteiger partial charge in [-0.1, -0.05) is 24.1 Å². The van der Waals surface area contributed by atoms with Crippen LogP contribution >= 0.6 is 11.6 Å². The number of nitrogens with zero attached hydrogens (tertiary/aromatic N) is 2. The molecule has 0 atom stereocenters. The molecule has 1 aliphatic rings. The maximum Gasteiger partial charge on any atom is 0.245 e. The number of rotatable bonds is 3. The minimum absolute atomic E-state index is 0.267. The molecule has 1 aromatic heterocycles. The van der Waals surface area contributed by atoms with Gasteiger partial charge in [-0.05, 0) is 49.2 Å². The standard InChI is InChI=1S/C18H18ClN3O2S/c19-14-9-7-13(8-10-14)18-20-15-5-4-6-16(17(15)21-18)25(23,24)22-11-2-1-3-12-22/h4-10H,1-3,11-12H2,(H,20,21). The van der Waals surface area contributed by atoms with Gasteiger partial charge in [-0.3, -0.25) is 0 Å². The summed E-state index contributed by atoms with van der Waals surface area (Å²) in [5.74, 6) is 0.632. The zero-order valence-electron chi connectivity index (χ0n) is 13.6. The highest BCUT2D eigenvalue weighted by molar-refractivity contribution is 7.89. The minimum Gasteiger partial charge on any atom is -0.338 e. The second-order valence-electron chi connectivity index (χ2n) is 6.21. The summed E-state index contributed by atoms with van der Waals surface area (Å²) in [6, 6.07) is 12.5. The van der Waals surface area contributed by atoms with E-state index in [4.69, 9.17) is 11.6 Å². The number of H-pyrrole nitrogens is 1. The first-order valence-electron chi connectivity index (χ1n) is 8.30. The lowest BCUT2D eigenvalue weighted by Gasteiger charge is -2.25. The van der Waals surface area contributed by atoms with Crippen molar-refractivity contribution in [1.82, 2.24) is 14.3 Å². The zero-order valence-corrected chi connectivity index (χ0v) is 15.1. The molecule has 7 heteroatoms. The summed E-state index contributed by atoms with van der Waals surface area (Å²) >= 11 is 5.93. The van der Waals surface area contributed by atoms with Crippen LogP contribution in [-0.2, 0) is 10.0 Å². The smallest absolute Gasteiger partial charge is 0.245 e. The van der Waals surface area contributed by atoms with Crippen LogP contribution in [0.15, 0.2) is 47.4 Å². The van der Waals surface area contributed by atoms with Gasteiger partial charge in [0.25, 0.3) is 0 Å². The Kier molecular flexibility index (Phi) is 4.27. The topological polar surface area (TPSA) is 66.1 Å². The maximum absolute atomic E-state index is 13.0. The number of aromatic amines is 1. The molecule has 1 saturated heterocycles. The molecule has 0 saturated carbocycles. The molecule has 1 fully saturated rings. The number of hydrogen-bond donors (Lipinski definition) is 1. The lowest BCUT2D eigenvalue weighted by Crippen LogP contribution is -2.35. The van der Waals surface area contributed by atoms with Crippen molar-refractivity contribution in [2.75, 3.05) is 13.1 Å². The predicted molar refractivity (Wildman–Crippen MR) is 99.1 cm³/mol. The highest BCUT2D eigenvalue weighted by Crippen LogP contribution is 2.29. The van der Waals surface area contributed by atoms with E-state index in [2.05, 4.69) is 9.97 Å². The Labute approximate surface area is 151 Å². The van der Waals surface area contributed by atoms with Gasteiger partial charge in [0.2, 0.25) is 10.0 Å². The molecule has 2 heterocycles. The van der Waals surface area contributed by atoms with Gasteiger partial charge < -0.3 is 4.98 Å². The monoisotopic (exact) mass is 375 g/mol. The number of hydrogen-bond acceptors (Lipinski definition) is 3. The van der Waals surface area contributed by atoms with E-state index < -0.39 is 10.0 Å². The number of halogens is 1. The van der Waals surface area contributed by atoms with Crippen molar-refractivity contribution in [3.63, 3.8) is 0 Å². The molecule has 0 unspecified atom stereocenters. The molecule has 25 heavy (non-hydrogen) atoms. The first kappa shape index (κ1) is 16.6. The van der Waals surface area contributed by atoms with Crippen LogP contribution in [-0.4, -0.2) is 35.8 Å². The molecule has 0 bridgehead atoms. The van der Waals surface area contributed by atoms with E-state index in [1.807, 2.05) is 18.2 Å². The molecule has 2 aromatic carbocycles. The average molecular weight is 376 g/mol. The number of nitrogens with one attached hydrogen (secondary N) is 1. The van der Waals surface area contributed by atoms with E-state index in [1.165, 1.54) is 0 Å². The molecule has 4 rings (SSSR count). The number of imidazole rings is 1. The Hall–Kier alpha value is -1.89. The second kappa shape index (κ2) is 6.44. The van der Waals surface area contributed by atoms with Gasteiger partial charge in [-0.15, -0.1) is 0 Å². The molecule has 0 radical (unpaired) electrons. The van der Waals surface area contributed by atoms with E-state index in [9.17, 15) is 8.42 Å². The van der Waals surface area contributed by atoms with E-state index in [1.54, 1.807) is 28.6 Å². The molecule has 0 amide bonds. The van der Waals surface area contributed by atoms with Crippen molar-refractivity contribution >= 4 is 32.7 Å². The van der Waals surface area contributed by atoms with Crippen molar-refractivity contribution in [1.29, 1.82) is 0 Å². The van der Waals surface area contributed by atoms with E-state index in [-0.39, 0.29) is 4.90 Å². The fourth-order valence-electron chi connectivity index (χ4n) is 3.20. The van der Waals surface area contributed by atoms with Gasteiger partial charge in [0, 0.05) is 23.7 Å². The number of piperidine rings is 1. The van der Waals surface area contributed by atoms with Gasteiger partial charge in [-0.2, -0.15) is 4.31 Å². The largest absolute Gasteiger partial charge is 0.338 e. The van der Waals surface area contributed by atoms with Gasteiger partial charge >= 0.3 is 0 Å². The second-order valence-corrected chi connectivity index (χ2v) is 8.55. The molecule has 0 aliphatic carbocycles. The zero-order chi connectivity index (χ0) is 17.4. The maximum atomic E-state index is 13.0. The molecular weight excluding hydrogens is 358 g/mol. The van der Waals surface area contributed by atoms with Crippen LogP contribution in [0, 0.1) is 0 Å². The highest BCUT2D eigenvalue weighted by Gasteiger charge is 2.28. The Morgan fingerprint density at radius 3 is 2.44 bits per heavy atom. The lowest BCUT2D eigenvalue weighted by atomic mass is 10.2. The quantitative estimate of drug-likeness (QED) is 0.750. The molecule has 130 valence electrons. The molecule has 3 aromatic rings. The number of sulfonamides is 1. The van der Waals surface area contributed by atoms with Crippen LogP contribution in [0.25, 0.3) is 22.4 Å². The molecule has 5 nitrogen and oxygen atoms in total. The normalized spacial score (nSPS) is 16.4. The minimum atomic E-state index is -3.53. The highest BCUT2D eigenvalue weighted by atomic mass is 35.5. The van der Waals surface area contributed by atoms with Gasteiger partial charge in [-0.25, -0.2) is 13.4 Å². The van der Waals surface area contributed by atoms with Gasteiger partial charge in [0.1, 0.15) is 16.2 Å². The SMILES string of the molecule is O=S(=O)(c1cccc2[nH]c(-c3ccc(Cl)cc3)nc12)N1CCCCC1. The van der Waals surface area contributed by atoms with E-state index >= 15 is 0 Å². The van der Waals surface area contributed by atoms with Gasteiger partial charge in [0.05, 0.1) is 5.52 Å². The number of fused-ring (bicyclic) bond motifs is 1. The molecule has 0 spiro atoms. The third-order valence-corrected chi connectivity index (χ3v) is 6.71. The fourth-order valence-corrected chi connectivity index (χ4v) is 5.00.